The van der Waals surface area contributed by atoms with Crippen molar-refractivity contribution in [2.24, 2.45) is 0 Å². The molecule has 6 nitrogen and oxygen atoms in total. The van der Waals surface area contributed by atoms with E-state index in [0.717, 1.165) is 24.8 Å². The lowest BCUT2D eigenvalue weighted by molar-refractivity contribution is 0.541. The SMILES string of the molecule is CCCCCn1c(SCc2cc(=O)n3cc(C)ccc3n2)nc2cc(Cl)ccc2c1=O. The number of unbranched alkanes of at least 4 members (excludes halogenated alkanes) is 2. The number of aromatic nitrogens is 4. The third-order valence-electron chi connectivity index (χ3n) is 5.08. The van der Waals surface area contributed by atoms with Crippen molar-refractivity contribution in [3.05, 3.63) is 79.6 Å². The fourth-order valence-electron chi connectivity index (χ4n) is 3.47. The Kier molecular flexibility index (Phi) is 6.43. The van der Waals surface area contributed by atoms with Crippen molar-refractivity contribution in [3.63, 3.8) is 0 Å². The van der Waals surface area contributed by atoms with Crippen LogP contribution in [0, 0.1) is 6.92 Å². The van der Waals surface area contributed by atoms with Gasteiger partial charge in [0.25, 0.3) is 11.1 Å². The summed E-state index contributed by atoms with van der Waals surface area (Å²) in [5.41, 5.74) is 2.64. The number of rotatable bonds is 7. The molecule has 0 spiro atoms. The highest BCUT2D eigenvalue weighted by Crippen LogP contribution is 2.23. The van der Waals surface area contributed by atoms with Crippen LogP contribution in [0.2, 0.25) is 5.02 Å². The monoisotopic (exact) mass is 454 g/mol. The lowest BCUT2D eigenvalue weighted by Crippen LogP contribution is -2.23. The first kappa shape index (κ1) is 21.6. The Morgan fingerprint density at radius 1 is 1.06 bits per heavy atom. The zero-order chi connectivity index (χ0) is 22.0. The highest BCUT2D eigenvalue weighted by molar-refractivity contribution is 7.98. The molecule has 4 rings (SSSR count). The van der Waals surface area contributed by atoms with E-state index in [0.29, 0.717) is 44.7 Å². The molecule has 0 aliphatic carbocycles. The van der Waals surface area contributed by atoms with E-state index in [1.807, 2.05) is 19.1 Å². The molecule has 0 fully saturated rings. The molecule has 3 aromatic heterocycles. The molecule has 0 saturated heterocycles. The van der Waals surface area contributed by atoms with Gasteiger partial charge in [-0.1, -0.05) is 49.2 Å². The van der Waals surface area contributed by atoms with Crippen LogP contribution in [0.25, 0.3) is 16.6 Å². The minimum absolute atomic E-state index is 0.0673. The van der Waals surface area contributed by atoms with E-state index >= 15 is 0 Å². The molecule has 8 heteroatoms. The van der Waals surface area contributed by atoms with E-state index in [4.69, 9.17) is 16.6 Å². The van der Waals surface area contributed by atoms with Gasteiger partial charge in [-0.2, -0.15) is 0 Å². The van der Waals surface area contributed by atoms with Crippen LogP contribution in [0.3, 0.4) is 0 Å². The van der Waals surface area contributed by atoms with Crippen LogP contribution in [0.1, 0.15) is 37.4 Å². The molecule has 0 bridgehead atoms. The average molecular weight is 455 g/mol. The molecule has 0 amide bonds. The summed E-state index contributed by atoms with van der Waals surface area (Å²) in [6, 6.07) is 10.5. The van der Waals surface area contributed by atoms with Crippen molar-refractivity contribution in [2.45, 2.75) is 50.6 Å². The zero-order valence-electron chi connectivity index (χ0n) is 17.5. The van der Waals surface area contributed by atoms with Gasteiger partial charge in [0.2, 0.25) is 0 Å². The van der Waals surface area contributed by atoms with Crippen LogP contribution in [0.5, 0.6) is 0 Å². The quantitative estimate of drug-likeness (QED) is 0.227. The second kappa shape index (κ2) is 9.24. The summed E-state index contributed by atoms with van der Waals surface area (Å²) in [6.45, 7) is 4.67. The maximum atomic E-state index is 13.1. The molecule has 0 radical (unpaired) electrons. The summed E-state index contributed by atoms with van der Waals surface area (Å²) in [5.74, 6) is 0.436. The van der Waals surface area contributed by atoms with Gasteiger partial charge in [-0.3, -0.25) is 18.6 Å². The Hall–Kier alpha value is -2.64. The Morgan fingerprint density at radius 2 is 1.90 bits per heavy atom. The van der Waals surface area contributed by atoms with Crippen LogP contribution in [0.4, 0.5) is 0 Å². The predicted molar refractivity (Wildman–Crippen MR) is 126 cm³/mol. The van der Waals surface area contributed by atoms with Crippen molar-refractivity contribution < 1.29 is 0 Å². The molecule has 31 heavy (non-hydrogen) atoms. The van der Waals surface area contributed by atoms with Crippen molar-refractivity contribution in [3.8, 4) is 0 Å². The highest BCUT2D eigenvalue weighted by atomic mass is 35.5. The van der Waals surface area contributed by atoms with E-state index < -0.39 is 0 Å². The largest absolute Gasteiger partial charge is 0.287 e. The van der Waals surface area contributed by atoms with Gasteiger partial charge in [0.1, 0.15) is 5.65 Å². The van der Waals surface area contributed by atoms with E-state index in [1.54, 1.807) is 33.4 Å². The molecule has 160 valence electrons. The molecule has 0 aliphatic heterocycles. The number of nitrogens with zero attached hydrogens (tertiary/aromatic N) is 4. The Morgan fingerprint density at radius 3 is 2.71 bits per heavy atom. The number of hydrogen-bond donors (Lipinski definition) is 0. The van der Waals surface area contributed by atoms with Crippen molar-refractivity contribution >= 4 is 39.9 Å². The van der Waals surface area contributed by atoms with Crippen LogP contribution in [0.15, 0.2) is 57.3 Å². The molecule has 0 aliphatic rings. The van der Waals surface area contributed by atoms with Gasteiger partial charge in [-0.25, -0.2) is 9.97 Å². The molecule has 1 aromatic carbocycles. The first-order chi connectivity index (χ1) is 15.0. The summed E-state index contributed by atoms with van der Waals surface area (Å²) >= 11 is 7.53. The number of pyridine rings is 1. The van der Waals surface area contributed by atoms with Crippen LogP contribution < -0.4 is 11.1 Å². The average Bonchev–Trinajstić information content (AvgIpc) is 2.74. The summed E-state index contributed by atoms with van der Waals surface area (Å²) in [6.07, 6.45) is 4.79. The lowest BCUT2D eigenvalue weighted by Gasteiger charge is -2.13. The summed E-state index contributed by atoms with van der Waals surface area (Å²) in [7, 11) is 0. The minimum Gasteiger partial charge on any atom is -0.287 e. The Labute approximate surface area is 188 Å². The van der Waals surface area contributed by atoms with E-state index in [1.165, 1.54) is 17.8 Å². The van der Waals surface area contributed by atoms with Gasteiger partial charge in [0.15, 0.2) is 5.16 Å². The van der Waals surface area contributed by atoms with Crippen LogP contribution in [-0.4, -0.2) is 18.9 Å². The molecule has 0 atom stereocenters. The van der Waals surface area contributed by atoms with Gasteiger partial charge in [0, 0.05) is 29.6 Å². The lowest BCUT2D eigenvalue weighted by atomic mass is 10.2. The first-order valence-corrected chi connectivity index (χ1v) is 11.6. The number of thioether (sulfide) groups is 1. The second-order valence-electron chi connectivity index (χ2n) is 7.53. The van der Waals surface area contributed by atoms with Crippen molar-refractivity contribution in [2.75, 3.05) is 0 Å². The highest BCUT2D eigenvalue weighted by Gasteiger charge is 2.13. The maximum Gasteiger partial charge on any atom is 0.262 e. The Bertz CT molecular complexity index is 1380. The third kappa shape index (κ3) is 4.67. The standard InChI is InChI=1S/C23H23ClN4O2S/c1-3-4-5-10-27-22(30)18-8-7-16(24)11-19(18)26-23(27)31-14-17-12-21(29)28-13-15(2)6-9-20(28)25-17/h6-9,11-13H,3-5,10,14H2,1-2H3. The summed E-state index contributed by atoms with van der Waals surface area (Å²) < 4.78 is 3.27. The van der Waals surface area contributed by atoms with Crippen molar-refractivity contribution in [1.82, 2.24) is 18.9 Å². The van der Waals surface area contributed by atoms with Gasteiger partial charge in [0.05, 0.1) is 16.6 Å². The predicted octanol–water partition coefficient (Wildman–Crippen LogP) is 4.85. The van der Waals surface area contributed by atoms with E-state index in [9.17, 15) is 9.59 Å². The third-order valence-corrected chi connectivity index (χ3v) is 6.32. The van der Waals surface area contributed by atoms with Crippen LogP contribution >= 0.6 is 23.4 Å². The number of fused-ring (bicyclic) bond motifs is 2. The van der Waals surface area contributed by atoms with Gasteiger partial charge >= 0.3 is 0 Å². The molecule has 3 heterocycles. The van der Waals surface area contributed by atoms with E-state index in [-0.39, 0.29) is 11.1 Å². The summed E-state index contributed by atoms with van der Waals surface area (Å²) in [4.78, 5) is 34.9. The normalized spacial score (nSPS) is 11.5. The maximum absolute atomic E-state index is 13.1. The van der Waals surface area contributed by atoms with Crippen molar-refractivity contribution in [1.29, 1.82) is 0 Å². The molecular weight excluding hydrogens is 432 g/mol. The molecule has 0 unspecified atom stereocenters. The fraction of sp³-hybridized carbons (Fsp3) is 0.304. The van der Waals surface area contributed by atoms with E-state index in [2.05, 4.69) is 11.9 Å². The van der Waals surface area contributed by atoms with Crippen LogP contribution in [-0.2, 0) is 12.3 Å². The number of benzene rings is 1. The number of halogens is 1. The first-order valence-electron chi connectivity index (χ1n) is 10.3. The second-order valence-corrected chi connectivity index (χ2v) is 8.91. The number of aryl methyl sites for hydroxylation is 1. The van der Waals surface area contributed by atoms with Gasteiger partial charge in [-0.05, 0) is 43.2 Å². The molecular formula is C23H23ClN4O2S. The number of hydrogen-bond acceptors (Lipinski definition) is 5. The van der Waals surface area contributed by atoms with Gasteiger partial charge < -0.3 is 0 Å². The summed E-state index contributed by atoms with van der Waals surface area (Å²) in [5, 5.41) is 1.71. The smallest absolute Gasteiger partial charge is 0.262 e. The zero-order valence-corrected chi connectivity index (χ0v) is 19.0. The topological polar surface area (TPSA) is 69.3 Å². The molecule has 0 saturated carbocycles. The minimum atomic E-state index is -0.122. The molecule has 0 N–H and O–H groups in total. The van der Waals surface area contributed by atoms with Gasteiger partial charge in [-0.15, -0.1) is 0 Å². The Balaban J connectivity index is 1.70. The molecule has 4 aromatic rings. The fourth-order valence-corrected chi connectivity index (χ4v) is 4.56.